The fourth-order valence-corrected chi connectivity index (χ4v) is 1.19. The molecular formula is C8H8N2O3. The number of imidazole rings is 1. The first-order valence-electron chi connectivity index (χ1n) is 3.72. The number of hydrogen-bond donors (Lipinski definition) is 4. The summed E-state index contributed by atoms with van der Waals surface area (Å²) in [7, 11) is 0. The van der Waals surface area contributed by atoms with Gasteiger partial charge in [-0.3, -0.25) is 0 Å². The van der Waals surface area contributed by atoms with Crippen molar-refractivity contribution in [3.63, 3.8) is 0 Å². The van der Waals surface area contributed by atoms with Gasteiger partial charge in [0, 0.05) is 0 Å². The number of nitrogens with one attached hydrogen (secondary N) is 1. The molecule has 0 aliphatic rings. The van der Waals surface area contributed by atoms with E-state index < -0.39 is 0 Å². The van der Waals surface area contributed by atoms with Gasteiger partial charge >= 0.3 is 0 Å². The molecule has 1 aromatic heterocycles. The predicted molar refractivity (Wildman–Crippen MR) is 45.3 cm³/mol. The van der Waals surface area contributed by atoms with Crippen molar-refractivity contribution >= 4 is 11.0 Å². The van der Waals surface area contributed by atoms with Crippen molar-refractivity contribution < 1.29 is 15.3 Å². The van der Waals surface area contributed by atoms with Crippen LogP contribution in [-0.2, 0) is 6.61 Å². The second kappa shape index (κ2) is 2.63. The average molecular weight is 180 g/mol. The summed E-state index contributed by atoms with van der Waals surface area (Å²) in [4.78, 5) is 6.56. The second-order valence-corrected chi connectivity index (χ2v) is 2.67. The molecule has 0 bridgehead atoms. The summed E-state index contributed by atoms with van der Waals surface area (Å²) in [6.45, 7) is -0.256. The van der Waals surface area contributed by atoms with Crippen LogP contribution in [0.5, 0.6) is 11.5 Å². The molecule has 0 radical (unpaired) electrons. The lowest BCUT2D eigenvalue weighted by molar-refractivity contribution is 0.273. The molecule has 4 N–H and O–H groups in total. The van der Waals surface area contributed by atoms with Crippen molar-refractivity contribution in [3.8, 4) is 11.5 Å². The largest absolute Gasteiger partial charge is 0.506 e. The van der Waals surface area contributed by atoms with Crippen molar-refractivity contribution in [3.05, 3.63) is 18.0 Å². The van der Waals surface area contributed by atoms with Crippen molar-refractivity contribution in [1.82, 2.24) is 9.97 Å². The number of rotatable bonds is 1. The second-order valence-electron chi connectivity index (χ2n) is 2.67. The number of H-pyrrole nitrogens is 1. The van der Waals surface area contributed by atoms with E-state index in [4.69, 9.17) is 5.11 Å². The van der Waals surface area contributed by atoms with Crippen LogP contribution in [-0.4, -0.2) is 25.3 Å². The molecule has 0 spiro atoms. The number of benzene rings is 1. The first-order chi connectivity index (χ1) is 6.22. The lowest BCUT2D eigenvalue weighted by Crippen LogP contribution is -1.83. The van der Waals surface area contributed by atoms with E-state index >= 15 is 0 Å². The average Bonchev–Trinajstić information content (AvgIpc) is 2.56. The molecule has 0 aliphatic heterocycles. The minimum Gasteiger partial charge on any atom is -0.506 e. The molecule has 2 aromatic rings. The molecule has 0 amide bonds. The number of aromatic amines is 1. The number of aromatic hydroxyl groups is 2. The molecule has 1 heterocycles. The summed E-state index contributed by atoms with van der Waals surface area (Å²) in [5.74, 6) is 0.288. The SMILES string of the molecule is OCc1nc2c(O)ccc(O)c2[nH]1. The number of nitrogens with zero attached hydrogens (tertiary/aromatic N) is 1. The van der Waals surface area contributed by atoms with Crippen LogP contribution in [0, 0.1) is 0 Å². The predicted octanol–water partition coefficient (Wildman–Crippen LogP) is 0.466. The zero-order chi connectivity index (χ0) is 9.42. The first kappa shape index (κ1) is 7.88. The molecule has 0 saturated heterocycles. The molecule has 0 aliphatic carbocycles. The van der Waals surface area contributed by atoms with Crippen LogP contribution in [0.25, 0.3) is 11.0 Å². The van der Waals surface area contributed by atoms with Crippen LogP contribution in [0.15, 0.2) is 12.1 Å². The van der Waals surface area contributed by atoms with Crippen LogP contribution in [0.1, 0.15) is 5.82 Å². The van der Waals surface area contributed by atoms with Crippen molar-refractivity contribution in [2.75, 3.05) is 0 Å². The van der Waals surface area contributed by atoms with Gasteiger partial charge in [-0.2, -0.15) is 0 Å². The van der Waals surface area contributed by atoms with Crippen LogP contribution >= 0.6 is 0 Å². The Morgan fingerprint density at radius 3 is 2.54 bits per heavy atom. The summed E-state index contributed by atoms with van der Waals surface area (Å²) in [6.07, 6.45) is 0. The maximum atomic E-state index is 9.34. The Hall–Kier alpha value is -1.75. The molecule has 0 unspecified atom stereocenters. The number of hydrogen-bond acceptors (Lipinski definition) is 4. The summed E-state index contributed by atoms with van der Waals surface area (Å²) >= 11 is 0. The van der Waals surface area contributed by atoms with E-state index in [0.717, 1.165) is 0 Å². The molecular weight excluding hydrogens is 172 g/mol. The molecule has 13 heavy (non-hydrogen) atoms. The highest BCUT2D eigenvalue weighted by Gasteiger charge is 2.09. The van der Waals surface area contributed by atoms with Gasteiger partial charge in [0.2, 0.25) is 0 Å². The lowest BCUT2D eigenvalue weighted by Gasteiger charge is -1.94. The van der Waals surface area contributed by atoms with Crippen LogP contribution in [0.2, 0.25) is 0 Å². The maximum absolute atomic E-state index is 9.34. The molecule has 0 saturated carbocycles. The Kier molecular flexibility index (Phi) is 1.60. The lowest BCUT2D eigenvalue weighted by atomic mass is 10.3. The smallest absolute Gasteiger partial charge is 0.143 e. The fraction of sp³-hybridized carbons (Fsp3) is 0.125. The molecule has 5 nitrogen and oxygen atoms in total. The van der Waals surface area contributed by atoms with Gasteiger partial charge in [0.05, 0.1) is 0 Å². The molecule has 0 atom stereocenters. The zero-order valence-electron chi connectivity index (χ0n) is 6.65. The quantitative estimate of drug-likeness (QED) is 0.480. The summed E-state index contributed by atoms with van der Waals surface area (Å²) < 4.78 is 0. The monoisotopic (exact) mass is 180 g/mol. The molecule has 0 fully saturated rings. The number of aliphatic hydroxyl groups is 1. The Morgan fingerprint density at radius 2 is 1.92 bits per heavy atom. The number of fused-ring (bicyclic) bond motifs is 1. The van der Waals surface area contributed by atoms with E-state index in [1.54, 1.807) is 0 Å². The van der Waals surface area contributed by atoms with Crippen molar-refractivity contribution in [2.24, 2.45) is 0 Å². The highest BCUT2D eigenvalue weighted by Crippen LogP contribution is 2.29. The summed E-state index contributed by atoms with van der Waals surface area (Å²) in [6, 6.07) is 2.71. The number of aromatic nitrogens is 2. The minimum absolute atomic E-state index is 0.000000000000000222. The Balaban J connectivity index is 2.80. The van der Waals surface area contributed by atoms with Crippen LogP contribution in [0.3, 0.4) is 0 Å². The Labute approximate surface area is 73.3 Å². The van der Waals surface area contributed by atoms with Gasteiger partial charge in [0.25, 0.3) is 0 Å². The van der Waals surface area contributed by atoms with Crippen LogP contribution in [0.4, 0.5) is 0 Å². The Bertz CT molecular complexity index is 411. The third kappa shape index (κ3) is 1.09. The van der Waals surface area contributed by atoms with Gasteiger partial charge in [-0.05, 0) is 12.1 Å². The Morgan fingerprint density at radius 1 is 1.23 bits per heavy atom. The standard InChI is InChI=1S/C8H8N2O3/c11-3-6-9-7-4(12)1-2-5(13)8(7)10-6/h1-2,11-13H,3H2,(H,9,10). The highest BCUT2D eigenvalue weighted by atomic mass is 16.3. The number of phenolic OH excluding ortho intramolecular Hbond substituents is 2. The van der Waals surface area contributed by atoms with Gasteiger partial charge in [-0.1, -0.05) is 0 Å². The van der Waals surface area contributed by atoms with E-state index in [2.05, 4.69) is 9.97 Å². The van der Waals surface area contributed by atoms with Gasteiger partial charge in [-0.15, -0.1) is 0 Å². The molecule has 1 aromatic carbocycles. The zero-order valence-corrected chi connectivity index (χ0v) is 6.65. The van der Waals surface area contributed by atoms with E-state index in [0.29, 0.717) is 11.3 Å². The first-order valence-corrected chi connectivity index (χ1v) is 3.72. The van der Waals surface area contributed by atoms with E-state index in [1.165, 1.54) is 12.1 Å². The van der Waals surface area contributed by atoms with Crippen LogP contribution < -0.4 is 0 Å². The van der Waals surface area contributed by atoms with Crippen molar-refractivity contribution in [1.29, 1.82) is 0 Å². The highest BCUT2D eigenvalue weighted by molar-refractivity contribution is 5.86. The maximum Gasteiger partial charge on any atom is 0.143 e. The number of aliphatic hydroxyl groups excluding tert-OH is 1. The normalized spacial score (nSPS) is 10.8. The van der Waals surface area contributed by atoms with E-state index in [1.807, 2.05) is 0 Å². The molecule has 2 rings (SSSR count). The van der Waals surface area contributed by atoms with Crippen molar-refractivity contribution in [2.45, 2.75) is 6.61 Å². The van der Waals surface area contributed by atoms with Gasteiger partial charge < -0.3 is 20.3 Å². The van der Waals surface area contributed by atoms with E-state index in [9.17, 15) is 10.2 Å². The van der Waals surface area contributed by atoms with Gasteiger partial charge in [-0.25, -0.2) is 4.98 Å². The molecule has 5 heteroatoms. The van der Waals surface area contributed by atoms with E-state index in [-0.39, 0.29) is 23.6 Å². The molecule has 68 valence electrons. The fourth-order valence-electron chi connectivity index (χ4n) is 1.19. The third-order valence-corrected chi connectivity index (χ3v) is 1.80. The topological polar surface area (TPSA) is 89.4 Å². The third-order valence-electron chi connectivity index (χ3n) is 1.80. The summed E-state index contributed by atoms with van der Waals surface area (Å²) in [5, 5.41) is 27.4. The van der Waals surface area contributed by atoms with Gasteiger partial charge in [0.15, 0.2) is 0 Å². The number of phenols is 2. The minimum atomic E-state index is -0.256. The van der Waals surface area contributed by atoms with Gasteiger partial charge in [0.1, 0.15) is 35.0 Å². The summed E-state index contributed by atoms with van der Waals surface area (Å²) in [5.41, 5.74) is 0.605.